The highest BCUT2D eigenvalue weighted by molar-refractivity contribution is 5.65. The van der Waals surface area contributed by atoms with Crippen LogP contribution in [0.1, 0.15) is 20.8 Å². The first-order valence-corrected chi connectivity index (χ1v) is 3.09. The number of hydrogen-bond acceptors (Lipinski definition) is 1. The zero-order valence-corrected chi connectivity index (χ0v) is 6.09. The molecule has 0 saturated heterocycles. The predicted octanol–water partition coefficient (Wildman–Crippen LogP) is 1.39. The summed E-state index contributed by atoms with van der Waals surface area (Å²) in [5.41, 5.74) is 0. The highest BCUT2D eigenvalue weighted by atomic mass is 16.4. The fraction of sp³-hybridized carbons (Fsp3) is 0.833. The van der Waals surface area contributed by atoms with Gasteiger partial charge in [-0.1, -0.05) is 0 Å². The van der Waals surface area contributed by atoms with E-state index in [1.807, 2.05) is 20.8 Å². The Labute approximate surface area is 55.3 Å². The van der Waals surface area contributed by atoms with E-state index in [0.29, 0.717) is 6.54 Å². The smallest absolute Gasteiger partial charge is 0.407 e. The van der Waals surface area contributed by atoms with Crippen molar-refractivity contribution in [1.82, 2.24) is 4.90 Å². The molecule has 1 amide bonds. The Morgan fingerprint density at radius 1 is 1.67 bits per heavy atom. The lowest BCUT2D eigenvalue weighted by Gasteiger charge is -2.20. The molecular formula is C6H13NO2. The maximum absolute atomic E-state index is 10.3. The van der Waals surface area contributed by atoms with Crippen molar-refractivity contribution in [2.24, 2.45) is 0 Å². The van der Waals surface area contributed by atoms with Crippen LogP contribution in [0.4, 0.5) is 4.79 Å². The quantitative estimate of drug-likeness (QED) is 0.615. The van der Waals surface area contributed by atoms with Crippen LogP contribution < -0.4 is 0 Å². The molecule has 9 heavy (non-hydrogen) atoms. The van der Waals surface area contributed by atoms with Gasteiger partial charge in [-0.3, -0.25) is 0 Å². The molecule has 0 heterocycles. The van der Waals surface area contributed by atoms with Crippen molar-refractivity contribution in [3.8, 4) is 0 Å². The Kier molecular flexibility index (Phi) is 3.06. The SMILES string of the molecule is CCN(C(=O)O)C(C)C. The van der Waals surface area contributed by atoms with Crippen molar-refractivity contribution in [2.75, 3.05) is 6.54 Å². The van der Waals surface area contributed by atoms with Gasteiger partial charge in [0.05, 0.1) is 0 Å². The fourth-order valence-corrected chi connectivity index (χ4v) is 0.721. The van der Waals surface area contributed by atoms with Crippen molar-refractivity contribution < 1.29 is 9.90 Å². The molecular weight excluding hydrogens is 118 g/mol. The minimum Gasteiger partial charge on any atom is -0.465 e. The van der Waals surface area contributed by atoms with Crippen molar-refractivity contribution in [3.63, 3.8) is 0 Å². The minimum atomic E-state index is -0.840. The third-order valence-electron chi connectivity index (χ3n) is 1.21. The summed E-state index contributed by atoms with van der Waals surface area (Å²) in [5, 5.41) is 8.47. The van der Waals surface area contributed by atoms with Crippen molar-refractivity contribution >= 4 is 6.09 Å². The van der Waals surface area contributed by atoms with Crippen molar-refractivity contribution in [3.05, 3.63) is 0 Å². The Morgan fingerprint density at radius 3 is 2.11 bits per heavy atom. The first-order valence-electron chi connectivity index (χ1n) is 3.09. The molecule has 0 fully saturated rings. The van der Waals surface area contributed by atoms with Gasteiger partial charge < -0.3 is 10.0 Å². The normalized spacial score (nSPS) is 9.78. The lowest BCUT2D eigenvalue weighted by molar-refractivity contribution is 0.135. The van der Waals surface area contributed by atoms with Gasteiger partial charge in [0.2, 0.25) is 0 Å². The second-order valence-electron chi connectivity index (χ2n) is 2.16. The highest BCUT2D eigenvalue weighted by Gasteiger charge is 2.11. The second-order valence-corrected chi connectivity index (χ2v) is 2.16. The lowest BCUT2D eigenvalue weighted by atomic mass is 10.3. The third kappa shape index (κ3) is 2.35. The van der Waals surface area contributed by atoms with Crippen LogP contribution in [0.2, 0.25) is 0 Å². The van der Waals surface area contributed by atoms with Gasteiger partial charge in [0, 0.05) is 12.6 Å². The maximum atomic E-state index is 10.3. The van der Waals surface area contributed by atoms with Gasteiger partial charge in [0.1, 0.15) is 0 Å². The van der Waals surface area contributed by atoms with Crippen LogP contribution >= 0.6 is 0 Å². The minimum absolute atomic E-state index is 0.0903. The summed E-state index contributed by atoms with van der Waals surface area (Å²) >= 11 is 0. The van der Waals surface area contributed by atoms with Gasteiger partial charge in [0.15, 0.2) is 0 Å². The molecule has 0 aliphatic carbocycles. The van der Waals surface area contributed by atoms with E-state index >= 15 is 0 Å². The van der Waals surface area contributed by atoms with Crippen LogP contribution in [0, 0.1) is 0 Å². The van der Waals surface area contributed by atoms with Crippen LogP contribution in [-0.4, -0.2) is 28.7 Å². The lowest BCUT2D eigenvalue weighted by Crippen LogP contribution is -2.35. The molecule has 0 aromatic carbocycles. The van der Waals surface area contributed by atoms with Crippen LogP contribution in [0.3, 0.4) is 0 Å². The van der Waals surface area contributed by atoms with Crippen molar-refractivity contribution in [1.29, 1.82) is 0 Å². The Bertz CT molecular complexity index is 101. The van der Waals surface area contributed by atoms with Crippen LogP contribution in [0.5, 0.6) is 0 Å². The van der Waals surface area contributed by atoms with Gasteiger partial charge in [-0.15, -0.1) is 0 Å². The van der Waals surface area contributed by atoms with E-state index in [1.165, 1.54) is 4.90 Å². The summed E-state index contributed by atoms with van der Waals surface area (Å²) in [6.07, 6.45) is -0.840. The molecule has 0 rings (SSSR count). The number of nitrogens with zero attached hydrogens (tertiary/aromatic N) is 1. The molecule has 0 aliphatic heterocycles. The van der Waals surface area contributed by atoms with Crippen LogP contribution in [0.15, 0.2) is 0 Å². The first-order chi connectivity index (χ1) is 4.09. The predicted molar refractivity (Wildman–Crippen MR) is 35.5 cm³/mol. The Balaban J connectivity index is 3.83. The number of amides is 1. The molecule has 0 bridgehead atoms. The molecule has 0 aliphatic rings. The molecule has 1 N–H and O–H groups in total. The van der Waals surface area contributed by atoms with Gasteiger partial charge in [-0.25, -0.2) is 4.79 Å². The molecule has 3 heteroatoms. The van der Waals surface area contributed by atoms with Gasteiger partial charge in [-0.2, -0.15) is 0 Å². The van der Waals surface area contributed by atoms with E-state index in [0.717, 1.165) is 0 Å². The third-order valence-corrected chi connectivity index (χ3v) is 1.21. The molecule has 0 atom stereocenters. The molecule has 0 saturated carbocycles. The summed E-state index contributed by atoms with van der Waals surface area (Å²) in [5.74, 6) is 0. The van der Waals surface area contributed by atoms with E-state index in [-0.39, 0.29) is 6.04 Å². The summed E-state index contributed by atoms with van der Waals surface area (Å²) in [6.45, 7) is 6.11. The van der Waals surface area contributed by atoms with Crippen molar-refractivity contribution in [2.45, 2.75) is 26.8 Å². The van der Waals surface area contributed by atoms with E-state index in [1.54, 1.807) is 0 Å². The molecule has 0 aromatic heterocycles. The van der Waals surface area contributed by atoms with E-state index < -0.39 is 6.09 Å². The molecule has 0 aromatic rings. The highest BCUT2D eigenvalue weighted by Crippen LogP contribution is 1.96. The summed E-state index contributed by atoms with van der Waals surface area (Å²) in [6, 6.07) is 0.0903. The maximum Gasteiger partial charge on any atom is 0.407 e. The van der Waals surface area contributed by atoms with Crippen LogP contribution in [-0.2, 0) is 0 Å². The van der Waals surface area contributed by atoms with Crippen LogP contribution in [0.25, 0.3) is 0 Å². The number of rotatable bonds is 2. The molecule has 0 radical (unpaired) electrons. The molecule has 54 valence electrons. The summed E-state index contributed by atoms with van der Waals surface area (Å²) in [7, 11) is 0. The second kappa shape index (κ2) is 3.33. The average molecular weight is 131 g/mol. The first kappa shape index (κ1) is 8.27. The van der Waals surface area contributed by atoms with E-state index in [4.69, 9.17) is 5.11 Å². The van der Waals surface area contributed by atoms with Gasteiger partial charge in [-0.05, 0) is 20.8 Å². The Hall–Kier alpha value is -0.730. The summed E-state index contributed by atoms with van der Waals surface area (Å²) < 4.78 is 0. The Morgan fingerprint density at radius 2 is 2.11 bits per heavy atom. The standard InChI is InChI=1S/C6H13NO2/c1-4-7(5(2)3)6(8)9/h5H,4H2,1-3H3,(H,8,9). The van der Waals surface area contributed by atoms with Gasteiger partial charge in [0.25, 0.3) is 0 Å². The fourth-order valence-electron chi connectivity index (χ4n) is 0.721. The molecule has 3 nitrogen and oxygen atoms in total. The topological polar surface area (TPSA) is 40.5 Å². The van der Waals surface area contributed by atoms with E-state index in [2.05, 4.69) is 0 Å². The number of carboxylic acid groups (broad SMARTS) is 1. The molecule has 0 unspecified atom stereocenters. The largest absolute Gasteiger partial charge is 0.465 e. The number of carbonyl (C=O) groups is 1. The van der Waals surface area contributed by atoms with Gasteiger partial charge >= 0.3 is 6.09 Å². The van der Waals surface area contributed by atoms with E-state index in [9.17, 15) is 4.79 Å². The number of hydrogen-bond donors (Lipinski definition) is 1. The zero-order chi connectivity index (χ0) is 7.44. The zero-order valence-electron chi connectivity index (χ0n) is 6.09. The average Bonchev–Trinajstić information content (AvgIpc) is 1.64. The molecule has 0 spiro atoms. The summed E-state index contributed by atoms with van der Waals surface area (Å²) in [4.78, 5) is 11.7. The monoisotopic (exact) mass is 131 g/mol.